The largest absolute Gasteiger partial charge is 0.308 e. The van der Waals surface area contributed by atoms with Crippen molar-refractivity contribution >= 4 is 91.4 Å². The van der Waals surface area contributed by atoms with Gasteiger partial charge in [0.25, 0.3) is 0 Å². The first-order chi connectivity index (χ1) is 28.3. The smallest absolute Gasteiger partial charge is 0.165 e. The second kappa shape index (κ2) is 11.6. The molecule has 0 amide bonds. The van der Waals surface area contributed by atoms with Gasteiger partial charge in [-0.15, -0.1) is 11.3 Å². The van der Waals surface area contributed by atoms with E-state index in [9.17, 15) is 0 Å². The molecule has 264 valence electrons. The van der Waals surface area contributed by atoms with Crippen molar-refractivity contribution in [3.05, 3.63) is 176 Å². The van der Waals surface area contributed by atoms with Crippen LogP contribution in [0, 0.1) is 0 Å². The maximum atomic E-state index is 5.20. The number of hydrogen-bond donors (Lipinski definition) is 0. The van der Waals surface area contributed by atoms with E-state index in [0.29, 0.717) is 17.5 Å². The second-order valence-corrected chi connectivity index (χ2v) is 15.8. The highest BCUT2D eigenvalue weighted by atomic mass is 32.1. The van der Waals surface area contributed by atoms with Crippen molar-refractivity contribution in [3.8, 4) is 39.9 Å². The van der Waals surface area contributed by atoms with E-state index in [4.69, 9.17) is 15.0 Å². The van der Waals surface area contributed by atoms with E-state index in [2.05, 4.69) is 148 Å². The van der Waals surface area contributed by atoms with Crippen molar-refractivity contribution in [2.75, 3.05) is 0 Å². The van der Waals surface area contributed by atoms with Gasteiger partial charge in [0.05, 0.1) is 33.3 Å². The summed E-state index contributed by atoms with van der Waals surface area (Å²) in [4.78, 5) is 15.4. The van der Waals surface area contributed by atoms with E-state index >= 15 is 0 Å². The minimum absolute atomic E-state index is 0.654. The number of fused-ring (bicyclic) bond motifs is 13. The zero-order chi connectivity index (χ0) is 37.2. The molecule has 0 aliphatic rings. The number of thiophene rings is 1. The number of rotatable bonds is 4. The molecule has 0 N–H and O–H groups in total. The summed E-state index contributed by atoms with van der Waals surface area (Å²) in [5.41, 5.74) is 10.2. The van der Waals surface area contributed by atoms with Gasteiger partial charge in [-0.2, -0.15) is 0 Å². The first-order valence-electron chi connectivity index (χ1n) is 19.2. The summed E-state index contributed by atoms with van der Waals surface area (Å²) >= 11 is 1.81. The predicted molar refractivity (Wildman–Crippen MR) is 238 cm³/mol. The lowest BCUT2D eigenvalue weighted by Crippen LogP contribution is -2.01. The lowest BCUT2D eigenvalue weighted by Gasteiger charge is -2.14. The minimum Gasteiger partial charge on any atom is -0.308 e. The molecule has 0 unspecified atom stereocenters. The topological polar surface area (TPSA) is 48.0 Å². The molecule has 0 radical (unpaired) electrons. The molecule has 0 aliphatic heterocycles. The summed E-state index contributed by atoms with van der Waals surface area (Å²) in [7, 11) is 0. The van der Waals surface area contributed by atoms with Gasteiger partial charge >= 0.3 is 0 Å². The highest BCUT2D eigenvalue weighted by Crippen LogP contribution is 2.49. The third-order valence-corrected chi connectivity index (χ3v) is 12.9. The van der Waals surface area contributed by atoms with Crippen molar-refractivity contribution < 1.29 is 0 Å². The number of aromatic nitrogens is 5. The van der Waals surface area contributed by atoms with Crippen LogP contribution < -0.4 is 0 Å². The van der Waals surface area contributed by atoms with Gasteiger partial charge in [-0.05, 0) is 42.5 Å². The van der Waals surface area contributed by atoms with Crippen molar-refractivity contribution in [3.63, 3.8) is 0 Å². The van der Waals surface area contributed by atoms with E-state index < -0.39 is 0 Å². The fourth-order valence-corrected chi connectivity index (χ4v) is 10.5. The van der Waals surface area contributed by atoms with Crippen LogP contribution in [0.5, 0.6) is 0 Å². The molecule has 5 heterocycles. The SMILES string of the molecule is c1ccc(-c2nc(-c3ccccc3)nc(-c3ccc(-n4c5ccccc5c5cc6c7ccccc7n7c8ccccc8c(c54)c67)c4c3sc3ccccc34)n2)cc1. The highest BCUT2D eigenvalue weighted by molar-refractivity contribution is 7.26. The Morgan fingerprint density at radius 1 is 0.386 bits per heavy atom. The Morgan fingerprint density at radius 3 is 1.61 bits per heavy atom. The number of nitrogens with zero attached hydrogens (tertiary/aromatic N) is 5. The Kier molecular flexibility index (Phi) is 6.26. The van der Waals surface area contributed by atoms with Gasteiger partial charge in [-0.25, -0.2) is 15.0 Å². The summed E-state index contributed by atoms with van der Waals surface area (Å²) in [5, 5.41) is 9.99. The van der Waals surface area contributed by atoms with E-state index in [0.717, 1.165) is 27.1 Å². The average molecular weight is 744 g/mol. The van der Waals surface area contributed by atoms with E-state index in [1.807, 2.05) is 36.4 Å². The lowest BCUT2D eigenvalue weighted by molar-refractivity contribution is 1.08. The van der Waals surface area contributed by atoms with Crippen molar-refractivity contribution in [2.45, 2.75) is 0 Å². The van der Waals surface area contributed by atoms with Crippen LogP contribution >= 0.6 is 11.3 Å². The Labute approximate surface area is 329 Å². The quantitative estimate of drug-likeness (QED) is 0.180. The molecule has 0 fully saturated rings. The summed E-state index contributed by atoms with van der Waals surface area (Å²) < 4.78 is 7.38. The van der Waals surface area contributed by atoms with Crippen molar-refractivity contribution in [1.82, 2.24) is 23.9 Å². The highest BCUT2D eigenvalue weighted by Gasteiger charge is 2.26. The maximum absolute atomic E-state index is 5.20. The second-order valence-electron chi connectivity index (χ2n) is 14.7. The van der Waals surface area contributed by atoms with Gasteiger partial charge in [-0.1, -0.05) is 133 Å². The molecule has 0 aliphatic carbocycles. The molecule has 0 atom stereocenters. The van der Waals surface area contributed by atoms with Crippen LogP contribution in [0.15, 0.2) is 176 Å². The maximum Gasteiger partial charge on any atom is 0.165 e. The van der Waals surface area contributed by atoms with Gasteiger partial charge in [0.2, 0.25) is 0 Å². The van der Waals surface area contributed by atoms with Crippen molar-refractivity contribution in [1.29, 1.82) is 0 Å². The molecule has 13 aromatic rings. The molecule has 0 saturated carbocycles. The van der Waals surface area contributed by atoms with Crippen LogP contribution in [0.2, 0.25) is 0 Å². The van der Waals surface area contributed by atoms with Crippen LogP contribution in [0.4, 0.5) is 0 Å². The molecule has 0 bridgehead atoms. The van der Waals surface area contributed by atoms with Gasteiger partial charge in [-0.3, -0.25) is 0 Å². The van der Waals surface area contributed by atoms with Crippen LogP contribution in [-0.2, 0) is 0 Å². The molecule has 0 spiro atoms. The first-order valence-corrected chi connectivity index (χ1v) is 20.0. The summed E-state index contributed by atoms with van der Waals surface area (Å²) in [5.74, 6) is 1.97. The standard InChI is InChI=1S/C51H29N5S/c1-3-15-30(16-4-1)49-52-50(31-17-5-2-6-18-31)54-51(53-49)36-27-28-42(44-35-22-10-14-26-43(35)57-48(36)44)56-40-24-12-8-20-33(40)38-29-37-32-19-7-11-23-39(32)55-41-25-13-9-21-34(41)45(46(37)55)47(38)56/h1-29H. The zero-order valence-corrected chi connectivity index (χ0v) is 31.2. The van der Waals surface area contributed by atoms with E-state index in [1.54, 1.807) is 11.3 Å². The fourth-order valence-electron chi connectivity index (χ4n) is 9.31. The Balaban J connectivity index is 1.18. The van der Waals surface area contributed by atoms with Gasteiger partial charge in [0, 0.05) is 69.2 Å². The van der Waals surface area contributed by atoms with Gasteiger partial charge in [0.15, 0.2) is 17.5 Å². The third-order valence-electron chi connectivity index (χ3n) is 11.7. The molecule has 5 nitrogen and oxygen atoms in total. The third kappa shape index (κ3) is 4.25. The van der Waals surface area contributed by atoms with E-state index in [-0.39, 0.29) is 0 Å². The fraction of sp³-hybridized carbons (Fsp3) is 0. The Morgan fingerprint density at radius 2 is 0.912 bits per heavy atom. The summed E-state index contributed by atoms with van der Waals surface area (Å²) in [6, 6.07) is 62.8. The van der Waals surface area contributed by atoms with Crippen LogP contribution in [-0.4, -0.2) is 23.9 Å². The molecular weight excluding hydrogens is 715 g/mol. The minimum atomic E-state index is 0.654. The zero-order valence-electron chi connectivity index (χ0n) is 30.4. The molecule has 13 rings (SSSR count). The van der Waals surface area contributed by atoms with E-state index in [1.165, 1.54) is 75.4 Å². The Hall–Kier alpha value is -7.41. The Bertz CT molecular complexity index is 3690. The monoisotopic (exact) mass is 743 g/mol. The van der Waals surface area contributed by atoms with Gasteiger partial charge in [0.1, 0.15) is 0 Å². The molecule has 0 saturated heterocycles. The van der Waals surface area contributed by atoms with Crippen LogP contribution in [0.3, 0.4) is 0 Å². The number of para-hydroxylation sites is 3. The molecule has 57 heavy (non-hydrogen) atoms. The van der Waals surface area contributed by atoms with Crippen LogP contribution in [0.1, 0.15) is 0 Å². The van der Waals surface area contributed by atoms with Gasteiger partial charge < -0.3 is 8.97 Å². The van der Waals surface area contributed by atoms with Crippen molar-refractivity contribution in [2.24, 2.45) is 0 Å². The summed E-state index contributed by atoms with van der Waals surface area (Å²) in [6.07, 6.45) is 0. The average Bonchev–Trinajstić information content (AvgIpc) is 4.02. The normalized spacial score (nSPS) is 12.2. The number of benzene rings is 8. The summed E-state index contributed by atoms with van der Waals surface area (Å²) in [6.45, 7) is 0. The number of hydrogen-bond acceptors (Lipinski definition) is 4. The lowest BCUT2D eigenvalue weighted by atomic mass is 10.0. The molecule has 5 aromatic heterocycles. The molecule has 6 heteroatoms. The first kappa shape index (κ1) is 30.9. The van der Waals surface area contributed by atoms with Crippen LogP contribution in [0.25, 0.3) is 120 Å². The molecular formula is C51H29N5S. The molecule has 8 aromatic carbocycles. The predicted octanol–water partition coefficient (Wildman–Crippen LogP) is 13.5.